The van der Waals surface area contributed by atoms with E-state index in [0.29, 0.717) is 0 Å². The van der Waals surface area contributed by atoms with E-state index < -0.39 is 7.57 Å². The average molecular weight is 137 g/mol. The lowest BCUT2D eigenvalue weighted by Crippen LogP contribution is -2.08. The molecule has 0 aliphatic rings. The van der Waals surface area contributed by atoms with E-state index in [1.54, 1.807) is 13.8 Å². The first-order chi connectivity index (χ1) is 3.42. The van der Waals surface area contributed by atoms with Crippen LogP contribution in [-0.2, 0) is 4.52 Å². The van der Waals surface area contributed by atoms with Gasteiger partial charge in [0.25, 0.3) is 0 Å². The van der Waals surface area contributed by atoms with Gasteiger partial charge in [-0.2, -0.15) is 0 Å². The van der Waals surface area contributed by atoms with Gasteiger partial charge in [-0.05, 0) is 13.8 Å². The molecule has 50 valence electrons. The highest BCUT2D eigenvalue weighted by Crippen LogP contribution is 2.31. The van der Waals surface area contributed by atoms with Crippen LogP contribution in [0.15, 0.2) is 0 Å². The maximum Gasteiger partial charge on any atom is 0.0574 e. The quantitative estimate of drug-likeness (QED) is 0.543. The van der Waals surface area contributed by atoms with E-state index >= 15 is 0 Å². The molecule has 0 aliphatic carbocycles. The van der Waals surface area contributed by atoms with Gasteiger partial charge in [0.1, 0.15) is 0 Å². The third kappa shape index (κ3) is 6.18. The van der Waals surface area contributed by atoms with Gasteiger partial charge in [-0.3, -0.25) is 0 Å². The van der Waals surface area contributed by atoms with Crippen LogP contribution in [0.25, 0.3) is 0 Å². The second-order valence-corrected chi connectivity index (χ2v) is 3.28. The predicted molar refractivity (Wildman–Crippen MR) is 32.5 cm³/mol. The van der Waals surface area contributed by atoms with Gasteiger partial charge >= 0.3 is 0 Å². The largest absolute Gasteiger partial charge is 0.789 e. The molecule has 1 N–H and O–H groups in total. The van der Waals surface area contributed by atoms with E-state index in [-0.39, 0.29) is 6.10 Å². The smallest absolute Gasteiger partial charge is 0.0574 e. The molecule has 0 radical (unpaired) electrons. The zero-order chi connectivity index (χ0) is 6.78. The van der Waals surface area contributed by atoms with Crippen molar-refractivity contribution in [1.82, 2.24) is 0 Å². The van der Waals surface area contributed by atoms with Crippen molar-refractivity contribution in [2.24, 2.45) is 0 Å². The summed E-state index contributed by atoms with van der Waals surface area (Å²) in [6.45, 7) is 3.35. The van der Waals surface area contributed by atoms with E-state index in [1.807, 2.05) is 0 Å². The number of hydrogen-bond donors (Lipinski definition) is 1. The summed E-state index contributed by atoms with van der Waals surface area (Å²) in [4.78, 5) is 18.7. The highest BCUT2D eigenvalue weighted by molar-refractivity contribution is 7.56. The Hall–Kier alpha value is 0.180. The van der Waals surface area contributed by atoms with Crippen molar-refractivity contribution in [3.63, 3.8) is 0 Å². The Morgan fingerprint density at radius 3 is 2.12 bits per heavy atom. The van der Waals surface area contributed by atoms with Gasteiger partial charge < -0.3 is 14.3 Å². The van der Waals surface area contributed by atoms with Crippen LogP contribution in [0.3, 0.4) is 0 Å². The SMILES string of the molecule is C=P([O-])(O)OC(C)C. The summed E-state index contributed by atoms with van der Waals surface area (Å²) in [6.07, 6.45) is 2.67. The molecule has 0 rings (SSSR count). The molecule has 0 heterocycles. The van der Waals surface area contributed by atoms with Crippen molar-refractivity contribution < 1.29 is 14.3 Å². The van der Waals surface area contributed by atoms with Gasteiger partial charge in [-0.25, -0.2) is 0 Å². The molecular weight excluding hydrogens is 127 g/mol. The lowest BCUT2D eigenvalue weighted by atomic mass is 10.5. The molecule has 3 nitrogen and oxygen atoms in total. The molecule has 0 amide bonds. The molecule has 0 spiro atoms. The van der Waals surface area contributed by atoms with Gasteiger partial charge in [0.15, 0.2) is 0 Å². The minimum atomic E-state index is -3.47. The summed E-state index contributed by atoms with van der Waals surface area (Å²) in [5.74, 6) is 0. The third-order valence-corrected chi connectivity index (χ3v) is 1.13. The normalized spacial score (nSPS) is 18.6. The second kappa shape index (κ2) is 2.65. The molecule has 1 atom stereocenters. The second-order valence-electron chi connectivity index (χ2n) is 1.79. The van der Waals surface area contributed by atoms with Crippen molar-refractivity contribution in [3.8, 4) is 0 Å². The van der Waals surface area contributed by atoms with Gasteiger partial charge in [-0.15, -0.1) is 0 Å². The van der Waals surface area contributed by atoms with E-state index in [9.17, 15) is 4.89 Å². The first kappa shape index (κ1) is 8.18. The molecule has 0 aromatic rings. The highest BCUT2D eigenvalue weighted by atomic mass is 31.2. The molecule has 4 heteroatoms. The predicted octanol–water partition coefficient (Wildman–Crippen LogP) is -0.0414. The summed E-state index contributed by atoms with van der Waals surface area (Å²) in [5.41, 5.74) is 0. The topological polar surface area (TPSA) is 52.5 Å². The minimum Gasteiger partial charge on any atom is -0.789 e. The van der Waals surface area contributed by atoms with Gasteiger partial charge in [0.2, 0.25) is 0 Å². The van der Waals surface area contributed by atoms with Gasteiger partial charge in [0.05, 0.1) is 6.10 Å². The van der Waals surface area contributed by atoms with Crippen LogP contribution < -0.4 is 4.89 Å². The Bertz CT molecular complexity index is 104. The number of hydrogen-bond acceptors (Lipinski definition) is 3. The van der Waals surface area contributed by atoms with Crippen LogP contribution in [0.2, 0.25) is 0 Å². The van der Waals surface area contributed by atoms with Gasteiger partial charge in [0, 0.05) is 7.57 Å². The van der Waals surface area contributed by atoms with Crippen LogP contribution >= 0.6 is 7.57 Å². The monoisotopic (exact) mass is 137 g/mol. The molecule has 0 bridgehead atoms. The Kier molecular flexibility index (Phi) is 2.71. The lowest BCUT2D eigenvalue weighted by Gasteiger charge is -2.25. The van der Waals surface area contributed by atoms with Crippen molar-refractivity contribution in [2.45, 2.75) is 20.0 Å². The van der Waals surface area contributed by atoms with E-state index in [4.69, 9.17) is 4.89 Å². The third-order valence-electron chi connectivity index (χ3n) is 0.376. The standard InChI is InChI=1S/C4H10O3P/c1-4(2)7-8(3,5)6/h4H,3H2,1-2H3,(H-,5,6)/q-1. The fourth-order valence-corrected chi connectivity index (χ4v) is 0.988. The molecule has 0 saturated heterocycles. The highest BCUT2D eigenvalue weighted by Gasteiger charge is 1.95. The first-order valence-electron chi connectivity index (χ1n) is 2.27. The zero-order valence-electron chi connectivity index (χ0n) is 5.00. The molecule has 0 aromatic carbocycles. The van der Waals surface area contributed by atoms with Crippen molar-refractivity contribution >= 4 is 13.9 Å². The van der Waals surface area contributed by atoms with Crippen LogP contribution in [-0.4, -0.2) is 17.3 Å². The maximum atomic E-state index is 10.2. The first-order valence-corrected chi connectivity index (χ1v) is 4.03. The van der Waals surface area contributed by atoms with Crippen molar-refractivity contribution in [3.05, 3.63) is 0 Å². The number of rotatable bonds is 2. The van der Waals surface area contributed by atoms with E-state index in [2.05, 4.69) is 10.8 Å². The Balaban J connectivity index is 3.56. The Labute approximate surface area is 49.1 Å². The fourth-order valence-electron chi connectivity index (χ4n) is 0.329. The van der Waals surface area contributed by atoms with Crippen LogP contribution in [0, 0.1) is 0 Å². The molecule has 1 unspecified atom stereocenters. The van der Waals surface area contributed by atoms with Crippen LogP contribution in [0.5, 0.6) is 0 Å². The molecule has 0 fully saturated rings. The summed E-state index contributed by atoms with van der Waals surface area (Å²) in [5, 5.41) is 0. The lowest BCUT2D eigenvalue weighted by molar-refractivity contribution is -0.205. The molecule has 8 heavy (non-hydrogen) atoms. The molecular formula is C4H10O3P-. The summed E-state index contributed by atoms with van der Waals surface area (Å²) in [7, 11) is -3.47. The average Bonchev–Trinajstić information content (AvgIpc) is 1.21. The Morgan fingerprint density at radius 2 is 2.12 bits per heavy atom. The van der Waals surface area contributed by atoms with Crippen molar-refractivity contribution in [1.29, 1.82) is 0 Å². The van der Waals surface area contributed by atoms with Crippen LogP contribution in [0.1, 0.15) is 13.8 Å². The molecule has 0 aliphatic heterocycles. The molecule has 0 saturated carbocycles. The minimum absolute atomic E-state index is 0.233. The van der Waals surface area contributed by atoms with E-state index in [0.717, 1.165) is 0 Å². The summed E-state index contributed by atoms with van der Waals surface area (Å²) >= 11 is 0. The van der Waals surface area contributed by atoms with E-state index in [1.165, 1.54) is 0 Å². The van der Waals surface area contributed by atoms with Crippen molar-refractivity contribution in [2.75, 3.05) is 0 Å². The molecule has 0 aromatic heterocycles. The maximum absolute atomic E-state index is 10.2. The summed E-state index contributed by atoms with van der Waals surface area (Å²) in [6, 6.07) is 0. The zero-order valence-corrected chi connectivity index (χ0v) is 5.89. The van der Waals surface area contributed by atoms with Crippen LogP contribution in [0.4, 0.5) is 0 Å². The fraction of sp³-hybridized carbons (Fsp3) is 0.750. The Morgan fingerprint density at radius 1 is 1.75 bits per heavy atom. The van der Waals surface area contributed by atoms with Gasteiger partial charge in [-0.1, -0.05) is 6.30 Å². The summed E-state index contributed by atoms with van der Waals surface area (Å²) < 4.78 is 4.44.